The quantitative estimate of drug-likeness (QED) is 0.417. The van der Waals surface area contributed by atoms with Crippen molar-refractivity contribution in [3.63, 3.8) is 0 Å². The van der Waals surface area contributed by atoms with Crippen LogP contribution in [-0.2, 0) is 30.0 Å². The van der Waals surface area contributed by atoms with E-state index in [2.05, 4.69) is 4.74 Å². The normalized spacial score (nSPS) is 16.8. The van der Waals surface area contributed by atoms with E-state index in [4.69, 9.17) is 4.74 Å². The van der Waals surface area contributed by atoms with Gasteiger partial charge in [0.15, 0.2) is 0 Å². The lowest BCUT2D eigenvalue weighted by molar-refractivity contribution is -0.165. The number of ether oxygens (including phenoxy) is 2. The van der Waals surface area contributed by atoms with Crippen molar-refractivity contribution in [1.29, 1.82) is 0 Å². The summed E-state index contributed by atoms with van der Waals surface area (Å²) in [5, 5.41) is 0. The lowest BCUT2D eigenvalue weighted by Gasteiger charge is -2.12. The molecule has 0 saturated carbocycles. The smallest absolute Gasteiger partial charge is 0.359 e. The largest absolute Gasteiger partial charge is 0.428 e. The summed E-state index contributed by atoms with van der Waals surface area (Å²) in [7, 11) is 0.194. The summed E-state index contributed by atoms with van der Waals surface area (Å²) in [5.74, 6) is 2.19. The summed E-state index contributed by atoms with van der Waals surface area (Å²) in [4.78, 5) is 22.1. The summed E-state index contributed by atoms with van der Waals surface area (Å²) < 4.78 is 9.51. The summed E-state index contributed by atoms with van der Waals surface area (Å²) in [5.41, 5.74) is 0. The second-order valence-corrected chi connectivity index (χ2v) is 6.06. The molecule has 0 spiro atoms. The molecule has 0 unspecified atom stereocenters. The monoisotopic (exact) mass is 247 g/mol. The van der Waals surface area contributed by atoms with E-state index in [9.17, 15) is 9.59 Å². The first-order chi connectivity index (χ1) is 7.72. The van der Waals surface area contributed by atoms with E-state index in [0.29, 0.717) is 12.2 Å². The van der Waals surface area contributed by atoms with Crippen molar-refractivity contribution < 1.29 is 19.1 Å². The Morgan fingerprint density at radius 3 is 2.31 bits per heavy atom. The summed E-state index contributed by atoms with van der Waals surface area (Å²) in [6.45, 7) is 1.47. The van der Waals surface area contributed by atoms with Crippen LogP contribution in [0.4, 0.5) is 0 Å². The zero-order valence-electron chi connectivity index (χ0n) is 9.70. The van der Waals surface area contributed by atoms with Crippen LogP contribution in [0.25, 0.3) is 0 Å². The maximum atomic E-state index is 11.4. The molecule has 1 fully saturated rings. The van der Waals surface area contributed by atoms with Gasteiger partial charge in [-0.1, -0.05) is 6.92 Å². The van der Waals surface area contributed by atoms with E-state index in [1.807, 2.05) is 0 Å². The van der Waals surface area contributed by atoms with Crippen LogP contribution < -0.4 is 0 Å². The second-order valence-electron chi connectivity index (χ2n) is 3.73. The topological polar surface area (TPSA) is 52.6 Å². The highest BCUT2D eigenvalue weighted by molar-refractivity contribution is 7.97. The lowest BCUT2D eigenvalue weighted by Crippen LogP contribution is -2.27. The highest BCUT2D eigenvalue weighted by Gasteiger charge is 2.25. The number of hydrogen-bond donors (Lipinski definition) is 0. The molecule has 92 valence electrons. The molecule has 4 nitrogen and oxygen atoms in total. The van der Waals surface area contributed by atoms with Gasteiger partial charge < -0.3 is 9.47 Å². The number of carbonyl (C=O) groups is 2. The molecule has 0 N–H and O–H groups in total. The van der Waals surface area contributed by atoms with E-state index in [0.717, 1.165) is 11.5 Å². The van der Waals surface area contributed by atoms with Crippen molar-refractivity contribution in [2.75, 3.05) is 24.1 Å². The molecule has 0 amide bonds. The number of carbonyl (C=O) groups excluding carboxylic acids is 2. The Balaban J connectivity index is 2.08. The molecular formula is C11H19O4S+. The Morgan fingerprint density at radius 2 is 1.69 bits per heavy atom. The van der Waals surface area contributed by atoms with Gasteiger partial charge >= 0.3 is 11.9 Å². The average molecular weight is 247 g/mol. The highest BCUT2D eigenvalue weighted by Crippen LogP contribution is 2.13. The van der Waals surface area contributed by atoms with E-state index in [1.54, 1.807) is 6.92 Å². The fourth-order valence-corrected chi connectivity index (χ4v) is 3.64. The van der Waals surface area contributed by atoms with Gasteiger partial charge in [-0.25, -0.2) is 4.79 Å². The molecule has 1 aliphatic rings. The van der Waals surface area contributed by atoms with Gasteiger partial charge in [-0.15, -0.1) is 0 Å². The predicted octanol–water partition coefficient (Wildman–Crippen LogP) is 1.24. The first-order valence-electron chi connectivity index (χ1n) is 5.67. The molecule has 1 rings (SSSR count). The minimum atomic E-state index is -0.340. The molecular weight excluding hydrogens is 228 g/mol. The van der Waals surface area contributed by atoms with Crippen molar-refractivity contribution in [2.24, 2.45) is 0 Å². The van der Waals surface area contributed by atoms with Gasteiger partial charge in [0.2, 0.25) is 12.5 Å². The molecule has 0 aliphatic carbocycles. The Hall–Kier alpha value is -0.710. The molecule has 0 aromatic carbocycles. The van der Waals surface area contributed by atoms with Crippen LogP contribution in [0.1, 0.15) is 32.6 Å². The third-order valence-corrected chi connectivity index (χ3v) is 4.79. The Bertz CT molecular complexity index is 236. The number of hydrogen-bond acceptors (Lipinski definition) is 4. The maximum absolute atomic E-state index is 11.4. The first kappa shape index (κ1) is 13.4. The van der Waals surface area contributed by atoms with Gasteiger partial charge in [0.05, 0.1) is 0 Å². The zero-order valence-corrected chi connectivity index (χ0v) is 10.5. The number of rotatable bonds is 5. The summed E-state index contributed by atoms with van der Waals surface area (Å²) in [6, 6.07) is 0. The average Bonchev–Trinajstić information content (AvgIpc) is 2.30. The van der Waals surface area contributed by atoms with Crippen molar-refractivity contribution in [2.45, 2.75) is 32.6 Å². The van der Waals surface area contributed by atoms with Crippen LogP contribution in [0, 0.1) is 0 Å². The van der Waals surface area contributed by atoms with Crippen molar-refractivity contribution in [1.82, 2.24) is 0 Å². The molecule has 1 heterocycles. The predicted molar refractivity (Wildman–Crippen MR) is 63.2 cm³/mol. The number of esters is 2. The maximum Gasteiger partial charge on any atom is 0.359 e. The van der Waals surface area contributed by atoms with E-state index in [1.165, 1.54) is 19.3 Å². The summed E-state index contributed by atoms with van der Waals surface area (Å²) >= 11 is 0. The van der Waals surface area contributed by atoms with E-state index >= 15 is 0 Å². The van der Waals surface area contributed by atoms with Crippen molar-refractivity contribution >= 4 is 22.8 Å². The zero-order chi connectivity index (χ0) is 11.8. The Labute approximate surface area is 99.0 Å². The standard InChI is InChI=1S/C11H19O4S/c1-2-10(12)14-9-15-11(13)8-16-6-4-3-5-7-16/h2-9H2,1H3/q+1. The fourth-order valence-electron chi connectivity index (χ4n) is 1.51. The first-order valence-corrected chi connectivity index (χ1v) is 7.41. The molecule has 0 bridgehead atoms. The van der Waals surface area contributed by atoms with Crippen LogP contribution in [0.5, 0.6) is 0 Å². The third kappa shape index (κ3) is 5.39. The van der Waals surface area contributed by atoms with Gasteiger partial charge in [0, 0.05) is 6.42 Å². The van der Waals surface area contributed by atoms with Gasteiger partial charge in [-0.3, -0.25) is 4.79 Å². The lowest BCUT2D eigenvalue weighted by atomic mass is 10.3. The van der Waals surface area contributed by atoms with Crippen molar-refractivity contribution in [3.05, 3.63) is 0 Å². The SMILES string of the molecule is CCC(=O)OCOC(=O)C[S+]1CCCCC1. The van der Waals surface area contributed by atoms with Crippen LogP contribution in [0.2, 0.25) is 0 Å². The second kappa shape index (κ2) is 7.54. The molecule has 0 radical (unpaired) electrons. The molecule has 5 heteroatoms. The van der Waals surface area contributed by atoms with E-state index < -0.39 is 0 Å². The van der Waals surface area contributed by atoms with Gasteiger partial charge in [-0.2, -0.15) is 0 Å². The molecule has 1 aliphatic heterocycles. The third-order valence-electron chi connectivity index (χ3n) is 2.42. The fraction of sp³-hybridized carbons (Fsp3) is 0.818. The van der Waals surface area contributed by atoms with Crippen LogP contribution in [0.3, 0.4) is 0 Å². The molecule has 0 aromatic heterocycles. The van der Waals surface area contributed by atoms with Crippen LogP contribution in [0.15, 0.2) is 0 Å². The highest BCUT2D eigenvalue weighted by atomic mass is 32.2. The summed E-state index contributed by atoms with van der Waals surface area (Å²) in [6.07, 6.45) is 4.04. The molecule has 1 saturated heterocycles. The van der Waals surface area contributed by atoms with E-state index in [-0.39, 0.29) is 29.6 Å². The molecule has 0 aromatic rings. The minimum Gasteiger partial charge on any atom is -0.428 e. The molecule has 0 atom stereocenters. The van der Waals surface area contributed by atoms with Gasteiger partial charge in [-0.05, 0) is 30.2 Å². The molecule has 16 heavy (non-hydrogen) atoms. The van der Waals surface area contributed by atoms with Gasteiger partial charge in [0.1, 0.15) is 11.5 Å². The Morgan fingerprint density at radius 1 is 1.06 bits per heavy atom. The van der Waals surface area contributed by atoms with Gasteiger partial charge in [0.25, 0.3) is 0 Å². The van der Waals surface area contributed by atoms with Crippen LogP contribution >= 0.6 is 0 Å². The minimum absolute atomic E-state index is 0.194. The Kier molecular flexibility index (Phi) is 6.30. The van der Waals surface area contributed by atoms with Crippen molar-refractivity contribution in [3.8, 4) is 0 Å². The van der Waals surface area contributed by atoms with Crippen LogP contribution in [-0.4, -0.2) is 36.0 Å².